The summed E-state index contributed by atoms with van der Waals surface area (Å²) in [5.41, 5.74) is 0. The van der Waals surface area contributed by atoms with Gasteiger partial charge in [0.25, 0.3) is 0 Å². The summed E-state index contributed by atoms with van der Waals surface area (Å²) in [6.07, 6.45) is 0. The lowest BCUT2D eigenvalue weighted by molar-refractivity contribution is -0.698. The summed E-state index contributed by atoms with van der Waals surface area (Å²) in [7, 11) is 1.19. The lowest BCUT2D eigenvalue weighted by Gasteiger charge is -1.87. The van der Waals surface area contributed by atoms with Crippen LogP contribution in [-0.2, 0) is 20.0 Å². The van der Waals surface area contributed by atoms with Crippen molar-refractivity contribution in [2.45, 2.75) is 0 Å². The van der Waals surface area contributed by atoms with E-state index in [1.165, 1.54) is 7.11 Å². The predicted octanol–water partition coefficient (Wildman–Crippen LogP) is -0.0994. The fourth-order valence-electron chi connectivity index (χ4n) is 0.0402. The van der Waals surface area contributed by atoms with Gasteiger partial charge in [-0.15, -0.1) is 0 Å². The topological polar surface area (TPSA) is 57.2 Å². The summed E-state index contributed by atoms with van der Waals surface area (Å²) < 4.78 is 0. The maximum Gasteiger partial charge on any atom is 0.0745 e. The van der Waals surface area contributed by atoms with Crippen molar-refractivity contribution in [2.24, 2.45) is 0 Å². The van der Waals surface area contributed by atoms with E-state index in [2.05, 4.69) is 20.0 Å². The summed E-state index contributed by atoms with van der Waals surface area (Å²) >= 11 is 0. The van der Waals surface area contributed by atoms with E-state index in [0.717, 1.165) is 0 Å². The van der Waals surface area contributed by atoms with Gasteiger partial charge in [-0.25, -0.2) is 10.1 Å². The highest BCUT2D eigenvalue weighted by atomic mass is 17.7. The quantitative estimate of drug-likeness (QED) is 0.302. The first kappa shape index (κ1) is 5.80. The van der Waals surface area contributed by atoms with Gasteiger partial charge in [-0.3, -0.25) is 0 Å². The van der Waals surface area contributed by atoms with Crippen LogP contribution in [0.2, 0.25) is 0 Å². The van der Waals surface area contributed by atoms with Crippen molar-refractivity contribution in [3.05, 3.63) is 0 Å². The van der Waals surface area contributed by atoms with E-state index in [1.54, 1.807) is 0 Å². The van der Waals surface area contributed by atoms with Crippen LogP contribution in [0.15, 0.2) is 0 Å². The maximum absolute atomic E-state index is 7.27. The van der Waals surface area contributed by atoms with Crippen molar-refractivity contribution >= 4 is 0 Å². The van der Waals surface area contributed by atoms with Gasteiger partial charge in [-0.2, -0.15) is 0 Å². The van der Waals surface area contributed by atoms with Gasteiger partial charge in [0.2, 0.25) is 0 Å². The van der Waals surface area contributed by atoms with Crippen LogP contribution in [0.1, 0.15) is 0 Å². The van der Waals surface area contributed by atoms with E-state index in [9.17, 15) is 0 Å². The number of rotatable bonds is 3. The molecule has 5 nitrogen and oxygen atoms in total. The summed E-state index contributed by atoms with van der Waals surface area (Å²) in [6.45, 7) is 0. The summed E-state index contributed by atoms with van der Waals surface area (Å²) in [5, 5.41) is 17.0. The summed E-state index contributed by atoms with van der Waals surface area (Å²) in [6, 6.07) is 0. The standard InChI is InChI=1S/CH4O5/c1-3-5-6-4-2/h2H,1H3. The van der Waals surface area contributed by atoms with Crippen LogP contribution < -0.4 is 0 Å². The number of hydrogen-bond acceptors (Lipinski definition) is 5. The average Bonchev–Trinajstić information content (AvgIpc) is 1.61. The van der Waals surface area contributed by atoms with Gasteiger partial charge in [-0.1, -0.05) is 0 Å². The van der Waals surface area contributed by atoms with Crippen molar-refractivity contribution in [1.29, 1.82) is 0 Å². The van der Waals surface area contributed by atoms with Gasteiger partial charge in [-0.05, 0) is 15.1 Å². The van der Waals surface area contributed by atoms with E-state index in [-0.39, 0.29) is 0 Å². The minimum atomic E-state index is 1.19. The number of hydrogen-bond donors (Lipinski definition) is 1. The molecule has 6 heavy (non-hydrogen) atoms. The molecule has 0 rings (SSSR count). The van der Waals surface area contributed by atoms with Crippen LogP contribution in [0, 0.1) is 0 Å². The second kappa shape index (κ2) is 4.80. The molecule has 0 radical (unpaired) electrons. The molecule has 0 aliphatic carbocycles. The van der Waals surface area contributed by atoms with Gasteiger partial charge in [0, 0.05) is 0 Å². The zero-order valence-corrected chi connectivity index (χ0v) is 3.08. The summed E-state index contributed by atoms with van der Waals surface area (Å²) in [5.74, 6) is 0. The van der Waals surface area contributed by atoms with Crippen LogP contribution in [0.4, 0.5) is 0 Å². The molecule has 0 unspecified atom stereocenters. The maximum atomic E-state index is 7.27. The molecule has 0 amide bonds. The molecule has 0 bridgehead atoms. The highest BCUT2D eigenvalue weighted by molar-refractivity contribution is 3.35. The van der Waals surface area contributed by atoms with Crippen molar-refractivity contribution < 1.29 is 25.3 Å². The Balaban J connectivity index is 2.34. The zero-order chi connectivity index (χ0) is 4.83. The first-order chi connectivity index (χ1) is 2.91. The van der Waals surface area contributed by atoms with Crippen LogP contribution in [0.5, 0.6) is 0 Å². The average molecular weight is 96.0 g/mol. The van der Waals surface area contributed by atoms with E-state index in [4.69, 9.17) is 5.26 Å². The van der Waals surface area contributed by atoms with E-state index in [1.807, 2.05) is 0 Å². The molecule has 5 heteroatoms. The monoisotopic (exact) mass is 96.0 g/mol. The van der Waals surface area contributed by atoms with Crippen LogP contribution in [-0.4, -0.2) is 12.4 Å². The Morgan fingerprint density at radius 3 is 2.17 bits per heavy atom. The van der Waals surface area contributed by atoms with Crippen molar-refractivity contribution in [2.75, 3.05) is 7.11 Å². The Morgan fingerprint density at radius 2 is 2.00 bits per heavy atom. The molecule has 0 saturated heterocycles. The Morgan fingerprint density at radius 1 is 1.33 bits per heavy atom. The van der Waals surface area contributed by atoms with Gasteiger partial charge in [0.1, 0.15) is 0 Å². The fourth-order valence-corrected chi connectivity index (χ4v) is 0.0402. The van der Waals surface area contributed by atoms with Crippen LogP contribution in [0.25, 0.3) is 0 Å². The molecule has 0 fully saturated rings. The molecule has 0 aliphatic heterocycles. The molecule has 0 heterocycles. The molecule has 38 valence electrons. The smallest absolute Gasteiger partial charge is 0.0745 e. The Kier molecular flexibility index (Phi) is 4.64. The second-order valence-corrected chi connectivity index (χ2v) is 0.377. The molecule has 0 spiro atoms. The Bertz CT molecular complexity index is 15.9. The normalized spacial score (nSPS) is 9.00. The predicted molar refractivity (Wildman–Crippen MR) is 12.9 cm³/mol. The Hall–Kier alpha value is -0.200. The van der Waals surface area contributed by atoms with Crippen molar-refractivity contribution in [3.63, 3.8) is 0 Å². The lowest BCUT2D eigenvalue weighted by atomic mass is 11.8. The minimum absolute atomic E-state index is 1.19. The van der Waals surface area contributed by atoms with Crippen LogP contribution >= 0.6 is 0 Å². The summed E-state index contributed by atoms with van der Waals surface area (Å²) in [4.78, 5) is 3.78. The third kappa shape index (κ3) is 3.80. The second-order valence-electron chi connectivity index (χ2n) is 0.377. The van der Waals surface area contributed by atoms with Crippen molar-refractivity contribution in [1.82, 2.24) is 0 Å². The van der Waals surface area contributed by atoms with E-state index < -0.39 is 0 Å². The first-order valence-electron chi connectivity index (χ1n) is 1.09. The Labute approximate surface area is 33.7 Å². The van der Waals surface area contributed by atoms with Gasteiger partial charge in [0.15, 0.2) is 0 Å². The highest BCUT2D eigenvalue weighted by Gasteiger charge is 1.75. The lowest BCUT2D eigenvalue weighted by Crippen LogP contribution is -1.89. The first-order valence-corrected chi connectivity index (χ1v) is 1.09. The molecule has 0 aromatic heterocycles. The molecule has 1 N–H and O–H groups in total. The minimum Gasteiger partial charge on any atom is -0.219 e. The van der Waals surface area contributed by atoms with E-state index in [0.29, 0.717) is 0 Å². The molecule has 0 aromatic carbocycles. The highest BCUT2D eigenvalue weighted by Crippen LogP contribution is 1.72. The fraction of sp³-hybridized carbons (Fsp3) is 1.00. The molecule has 0 atom stereocenters. The third-order valence-corrected chi connectivity index (χ3v) is 0.126. The van der Waals surface area contributed by atoms with Crippen LogP contribution in [0.3, 0.4) is 0 Å². The largest absolute Gasteiger partial charge is 0.219 e. The van der Waals surface area contributed by atoms with E-state index >= 15 is 0 Å². The SMILES string of the molecule is COOOOO. The molecule has 0 saturated carbocycles. The van der Waals surface area contributed by atoms with Gasteiger partial charge >= 0.3 is 0 Å². The van der Waals surface area contributed by atoms with Gasteiger partial charge in [0.05, 0.1) is 7.11 Å². The van der Waals surface area contributed by atoms with Gasteiger partial charge < -0.3 is 0 Å². The molecule has 0 aromatic rings. The molecule has 0 aliphatic rings. The van der Waals surface area contributed by atoms with Crippen molar-refractivity contribution in [3.8, 4) is 0 Å². The third-order valence-electron chi connectivity index (χ3n) is 0.126. The zero-order valence-electron chi connectivity index (χ0n) is 3.08. The molecular weight excluding hydrogens is 92.0 g/mol. The molecular formula is CH4O5.